The molecule has 0 saturated heterocycles. The van der Waals surface area contributed by atoms with Crippen molar-refractivity contribution < 1.29 is 14.3 Å². The standard InChI is InChI=1S/C20H21N3O3/c1-25-18-9-8-15(12-19(18)26-2)10-11-22-20(24)17-13-21-14-23(17)16-6-4-3-5-7-16/h3-9,12-14H,10-11H2,1-2H3,(H,22,24). The fourth-order valence-corrected chi connectivity index (χ4v) is 2.70. The highest BCUT2D eigenvalue weighted by atomic mass is 16.5. The molecule has 1 aromatic heterocycles. The van der Waals surface area contributed by atoms with Crippen molar-refractivity contribution >= 4 is 5.91 Å². The van der Waals surface area contributed by atoms with Gasteiger partial charge in [0, 0.05) is 12.2 Å². The van der Waals surface area contributed by atoms with Gasteiger partial charge in [-0.3, -0.25) is 9.36 Å². The van der Waals surface area contributed by atoms with Crippen LogP contribution in [-0.4, -0.2) is 36.2 Å². The Bertz CT molecular complexity index is 875. The van der Waals surface area contributed by atoms with E-state index in [1.807, 2.05) is 48.5 Å². The number of carbonyl (C=O) groups excluding carboxylic acids is 1. The molecule has 0 atom stereocenters. The zero-order valence-electron chi connectivity index (χ0n) is 14.8. The predicted molar refractivity (Wildman–Crippen MR) is 99.1 cm³/mol. The summed E-state index contributed by atoms with van der Waals surface area (Å²) in [5, 5.41) is 2.94. The molecular weight excluding hydrogens is 330 g/mol. The van der Waals surface area contributed by atoms with E-state index in [2.05, 4.69) is 10.3 Å². The van der Waals surface area contributed by atoms with E-state index in [1.165, 1.54) is 0 Å². The number of benzene rings is 2. The average molecular weight is 351 g/mol. The first-order valence-corrected chi connectivity index (χ1v) is 8.30. The first kappa shape index (κ1) is 17.5. The quantitative estimate of drug-likeness (QED) is 0.711. The zero-order valence-corrected chi connectivity index (χ0v) is 14.8. The van der Waals surface area contributed by atoms with E-state index in [1.54, 1.807) is 31.3 Å². The molecule has 134 valence electrons. The van der Waals surface area contributed by atoms with Crippen molar-refractivity contribution in [1.29, 1.82) is 0 Å². The highest BCUT2D eigenvalue weighted by Crippen LogP contribution is 2.27. The smallest absolute Gasteiger partial charge is 0.269 e. The summed E-state index contributed by atoms with van der Waals surface area (Å²) in [4.78, 5) is 16.6. The number of methoxy groups -OCH3 is 2. The Balaban J connectivity index is 1.63. The van der Waals surface area contributed by atoms with Crippen LogP contribution in [-0.2, 0) is 6.42 Å². The van der Waals surface area contributed by atoms with E-state index >= 15 is 0 Å². The van der Waals surface area contributed by atoms with Gasteiger partial charge in [0.2, 0.25) is 0 Å². The van der Waals surface area contributed by atoms with Crippen molar-refractivity contribution in [1.82, 2.24) is 14.9 Å². The zero-order chi connectivity index (χ0) is 18.4. The summed E-state index contributed by atoms with van der Waals surface area (Å²) in [6.45, 7) is 0.508. The highest BCUT2D eigenvalue weighted by molar-refractivity contribution is 5.93. The third-order valence-corrected chi connectivity index (χ3v) is 4.05. The third-order valence-electron chi connectivity index (χ3n) is 4.05. The molecule has 3 aromatic rings. The summed E-state index contributed by atoms with van der Waals surface area (Å²) in [5.74, 6) is 1.21. The van der Waals surface area contributed by atoms with E-state index in [-0.39, 0.29) is 5.91 Å². The Morgan fingerprint density at radius 1 is 1.08 bits per heavy atom. The van der Waals surface area contributed by atoms with E-state index in [4.69, 9.17) is 9.47 Å². The van der Waals surface area contributed by atoms with Crippen molar-refractivity contribution in [2.75, 3.05) is 20.8 Å². The molecule has 0 bridgehead atoms. The number of para-hydroxylation sites is 1. The summed E-state index contributed by atoms with van der Waals surface area (Å²) in [7, 11) is 3.21. The van der Waals surface area contributed by atoms with Crippen LogP contribution < -0.4 is 14.8 Å². The second kappa shape index (κ2) is 8.20. The lowest BCUT2D eigenvalue weighted by molar-refractivity contribution is 0.0947. The number of aromatic nitrogens is 2. The molecule has 0 aliphatic carbocycles. The maximum atomic E-state index is 12.5. The molecule has 0 saturated carbocycles. The molecule has 26 heavy (non-hydrogen) atoms. The van der Waals surface area contributed by atoms with Gasteiger partial charge in [-0.25, -0.2) is 4.98 Å². The molecule has 0 spiro atoms. The molecule has 0 radical (unpaired) electrons. The maximum Gasteiger partial charge on any atom is 0.269 e. The lowest BCUT2D eigenvalue weighted by Gasteiger charge is -2.11. The first-order chi connectivity index (χ1) is 12.7. The van der Waals surface area contributed by atoms with Crippen LogP contribution in [0, 0.1) is 0 Å². The van der Waals surface area contributed by atoms with Crippen molar-refractivity contribution in [2.45, 2.75) is 6.42 Å². The van der Waals surface area contributed by atoms with E-state index in [0.29, 0.717) is 30.2 Å². The molecule has 0 unspecified atom stereocenters. The number of imidazole rings is 1. The number of nitrogens with one attached hydrogen (secondary N) is 1. The largest absolute Gasteiger partial charge is 0.493 e. The van der Waals surface area contributed by atoms with Gasteiger partial charge in [0.25, 0.3) is 5.91 Å². The second-order valence-electron chi connectivity index (χ2n) is 5.68. The van der Waals surface area contributed by atoms with Crippen LogP contribution in [0.5, 0.6) is 11.5 Å². The van der Waals surface area contributed by atoms with Gasteiger partial charge < -0.3 is 14.8 Å². The minimum absolute atomic E-state index is 0.160. The van der Waals surface area contributed by atoms with Crippen LogP contribution in [0.4, 0.5) is 0 Å². The summed E-state index contributed by atoms with van der Waals surface area (Å²) in [6, 6.07) is 15.4. The Morgan fingerprint density at radius 2 is 1.85 bits per heavy atom. The number of hydrogen-bond acceptors (Lipinski definition) is 4. The molecule has 0 aliphatic rings. The Morgan fingerprint density at radius 3 is 2.58 bits per heavy atom. The number of nitrogens with zero attached hydrogens (tertiary/aromatic N) is 2. The number of ether oxygens (including phenoxy) is 2. The fourth-order valence-electron chi connectivity index (χ4n) is 2.70. The molecule has 0 aliphatic heterocycles. The lowest BCUT2D eigenvalue weighted by atomic mass is 10.1. The van der Waals surface area contributed by atoms with E-state index < -0.39 is 0 Å². The minimum Gasteiger partial charge on any atom is -0.493 e. The SMILES string of the molecule is COc1ccc(CCNC(=O)c2cncn2-c2ccccc2)cc1OC. The Kier molecular flexibility index (Phi) is 5.53. The number of rotatable bonds is 7. The van der Waals surface area contributed by atoms with Crippen LogP contribution in [0.2, 0.25) is 0 Å². The van der Waals surface area contributed by atoms with Gasteiger partial charge in [0.1, 0.15) is 5.69 Å². The van der Waals surface area contributed by atoms with Gasteiger partial charge >= 0.3 is 0 Å². The molecule has 2 aromatic carbocycles. The second-order valence-corrected chi connectivity index (χ2v) is 5.68. The molecule has 1 N–H and O–H groups in total. The van der Waals surface area contributed by atoms with E-state index in [9.17, 15) is 4.79 Å². The van der Waals surface area contributed by atoms with Crippen LogP contribution in [0.3, 0.4) is 0 Å². The molecule has 6 nitrogen and oxygen atoms in total. The van der Waals surface area contributed by atoms with Crippen LogP contribution in [0.15, 0.2) is 61.1 Å². The number of amides is 1. The Hall–Kier alpha value is -3.28. The van der Waals surface area contributed by atoms with Crippen molar-refractivity contribution in [3.8, 4) is 17.2 Å². The van der Waals surface area contributed by atoms with Crippen molar-refractivity contribution in [2.24, 2.45) is 0 Å². The van der Waals surface area contributed by atoms with Crippen molar-refractivity contribution in [3.63, 3.8) is 0 Å². The van der Waals surface area contributed by atoms with Crippen molar-refractivity contribution in [3.05, 3.63) is 72.3 Å². The van der Waals surface area contributed by atoms with Gasteiger partial charge in [-0.2, -0.15) is 0 Å². The molecule has 0 fully saturated rings. The normalized spacial score (nSPS) is 10.4. The summed E-state index contributed by atoms with van der Waals surface area (Å²) < 4.78 is 12.3. The summed E-state index contributed by atoms with van der Waals surface area (Å²) in [6.07, 6.45) is 3.89. The average Bonchev–Trinajstić information content (AvgIpc) is 3.18. The van der Waals surface area contributed by atoms with Gasteiger partial charge in [-0.15, -0.1) is 0 Å². The Labute approximate surface area is 152 Å². The minimum atomic E-state index is -0.160. The van der Waals surface area contributed by atoms with Gasteiger partial charge in [-0.05, 0) is 36.2 Å². The van der Waals surface area contributed by atoms with Crippen LogP contribution >= 0.6 is 0 Å². The summed E-state index contributed by atoms with van der Waals surface area (Å²) >= 11 is 0. The topological polar surface area (TPSA) is 65.4 Å². The van der Waals surface area contributed by atoms with Crippen LogP contribution in [0.25, 0.3) is 5.69 Å². The third kappa shape index (κ3) is 3.85. The predicted octanol–water partition coefficient (Wildman–Crippen LogP) is 2.86. The first-order valence-electron chi connectivity index (χ1n) is 8.30. The highest BCUT2D eigenvalue weighted by Gasteiger charge is 2.12. The fraction of sp³-hybridized carbons (Fsp3) is 0.200. The summed E-state index contributed by atoms with van der Waals surface area (Å²) in [5.41, 5.74) is 2.46. The molecule has 3 rings (SSSR count). The molecule has 1 amide bonds. The molecular formula is C20H21N3O3. The monoisotopic (exact) mass is 351 g/mol. The van der Waals surface area contributed by atoms with Crippen LogP contribution in [0.1, 0.15) is 16.1 Å². The molecule has 6 heteroatoms. The van der Waals surface area contributed by atoms with Gasteiger partial charge in [0.15, 0.2) is 11.5 Å². The molecule has 1 heterocycles. The lowest BCUT2D eigenvalue weighted by Crippen LogP contribution is -2.27. The van der Waals surface area contributed by atoms with E-state index in [0.717, 1.165) is 11.3 Å². The van der Waals surface area contributed by atoms with Gasteiger partial charge in [0.05, 0.1) is 26.7 Å². The van der Waals surface area contributed by atoms with Gasteiger partial charge in [-0.1, -0.05) is 24.3 Å². The number of hydrogen-bond donors (Lipinski definition) is 1. The number of carbonyl (C=O) groups is 1. The maximum absolute atomic E-state index is 12.5.